The summed E-state index contributed by atoms with van der Waals surface area (Å²) in [5.41, 5.74) is 2.49. The third-order valence-electron chi connectivity index (χ3n) is 3.37. The molecule has 0 bridgehead atoms. The van der Waals surface area contributed by atoms with Crippen LogP contribution in [0.1, 0.15) is 38.8 Å². The normalized spacial score (nSPS) is 13.4. The average Bonchev–Trinajstić information content (AvgIpc) is 2.23. The lowest BCUT2D eigenvalue weighted by molar-refractivity contribution is 0.0991. The zero-order chi connectivity index (χ0) is 13.2. The van der Waals surface area contributed by atoms with Crippen molar-refractivity contribution >= 4 is 0 Å². The van der Waals surface area contributed by atoms with Crippen LogP contribution in [-0.4, -0.2) is 13.2 Å². The molecule has 1 rings (SSSR count). The van der Waals surface area contributed by atoms with Gasteiger partial charge >= 0.3 is 0 Å². The first-order valence-electron chi connectivity index (χ1n) is 6.08. The lowest BCUT2D eigenvalue weighted by atomic mass is 9.90. The lowest BCUT2D eigenvalue weighted by Gasteiger charge is -2.29. The van der Waals surface area contributed by atoms with E-state index in [1.807, 2.05) is 6.07 Å². The van der Waals surface area contributed by atoms with Gasteiger partial charge < -0.3 is 9.47 Å². The van der Waals surface area contributed by atoms with Gasteiger partial charge in [0.25, 0.3) is 0 Å². The molecular formula is C15H24O2. The van der Waals surface area contributed by atoms with Crippen molar-refractivity contribution < 1.29 is 9.47 Å². The van der Waals surface area contributed by atoms with Gasteiger partial charge in [0.05, 0.1) is 7.11 Å². The highest BCUT2D eigenvalue weighted by Crippen LogP contribution is 2.35. The molecule has 0 spiro atoms. The number of hydrogen-bond acceptors (Lipinski definition) is 2. The van der Waals surface area contributed by atoms with Crippen molar-refractivity contribution in [3.8, 4) is 11.5 Å². The maximum atomic E-state index is 6.09. The van der Waals surface area contributed by atoms with Crippen molar-refractivity contribution in [3.63, 3.8) is 0 Å². The molecule has 0 saturated heterocycles. The van der Waals surface area contributed by atoms with Crippen molar-refractivity contribution in [1.29, 1.82) is 0 Å². The Bertz CT molecular complexity index is 389. The molecule has 2 heteroatoms. The van der Waals surface area contributed by atoms with Gasteiger partial charge in [-0.3, -0.25) is 0 Å². The van der Waals surface area contributed by atoms with Crippen molar-refractivity contribution in [3.05, 3.63) is 23.3 Å². The van der Waals surface area contributed by atoms with Gasteiger partial charge in [-0.2, -0.15) is 0 Å². The second kappa shape index (κ2) is 4.99. The Morgan fingerprint density at radius 3 is 2.18 bits per heavy atom. The van der Waals surface area contributed by atoms with E-state index in [2.05, 4.69) is 47.6 Å². The van der Waals surface area contributed by atoms with E-state index in [-0.39, 0.29) is 11.5 Å². The third kappa shape index (κ3) is 3.15. The second-order valence-electron chi connectivity index (χ2n) is 5.66. The van der Waals surface area contributed by atoms with Gasteiger partial charge in [0.15, 0.2) is 11.5 Å². The van der Waals surface area contributed by atoms with E-state index in [0.717, 1.165) is 17.1 Å². The average molecular weight is 236 g/mol. The molecule has 0 aliphatic rings. The molecule has 0 aliphatic carbocycles. The Morgan fingerprint density at radius 1 is 1.12 bits per heavy atom. The highest BCUT2D eigenvalue weighted by atomic mass is 16.5. The van der Waals surface area contributed by atoms with Crippen molar-refractivity contribution in [2.45, 2.75) is 47.6 Å². The van der Waals surface area contributed by atoms with Crippen molar-refractivity contribution in [1.82, 2.24) is 0 Å². The first kappa shape index (κ1) is 13.9. The van der Waals surface area contributed by atoms with Gasteiger partial charge in [-0.25, -0.2) is 0 Å². The molecule has 2 nitrogen and oxygen atoms in total. The van der Waals surface area contributed by atoms with Crippen LogP contribution in [0.4, 0.5) is 0 Å². The van der Waals surface area contributed by atoms with Gasteiger partial charge in [-0.05, 0) is 43.4 Å². The zero-order valence-corrected chi connectivity index (χ0v) is 12.0. The lowest BCUT2D eigenvalue weighted by Crippen LogP contribution is -2.29. The quantitative estimate of drug-likeness (QED) is 0.785. The Hall–Kier alpha value is -1.18. The number of methoxy groups -OCH3 is 1. The maximum Gasteiger partial charge on any atom is 0.164 e. The van der Waals surface area contributed by atoms with Crippen LogP contribution in [-0.2, 0) is 0 Å². The van der Waals surface area contributed by atoms with Gasteiger partial charge in [-0.1, -0.05) is 26.8 Å². The second-order valence-corrected chi connectivity index (χ2v) is 5.66. The van der Waals surface area contributed by atoms with Crippen LogP contribution in [0.15, 0.2) is 12.1 Å². The molecule has 17 heavy (non-hydrogen) atoms. The molecule has 0 aromatic heterocycles. The summed E-state index contributed by atoms with van der Waals surface area (Å²) in [7, 11) is 1.68. The summed E-state index contributed by atoms with van der Waals surface area (Å²) < 4.78 is 11.5. The maximum absolute atomic E-state index is 6.09. The fraction of sp³-hybridized carbons (Fsp3) is 0.600. The van der Waals surface area contributed by atoms with Crippen LogP contribution in [0.25, 0.3) is 0 Å². The summed E-state index contributed by atoms with van der Waals surface area (Å²) in [6, 6.07) is 4.02. The highest BCUT2D eigenvalue weighted by molar-refractivity contribution is 5.49. The summed E-state index contributed by atoms with van der Waals surface area (Å²) in [5, 5.41) is 0. The molecule has 0 heterocycles. The van der Waals surface area contributed by atoms with E-state index in [1.165, 1.54) is 5.56 Å². The molecule has 0 saturated carbocycles. The number of ether oxygens (including phenoxy) is 2. The molecule has 96 valence electrons. The minimum atomic E-state index is 0.112. The summed E-state index contributed by atoms with van der Waals surface area (Å²) >= 11 is 0. The molecule has 1 unspecified atom stereocenters. The highest BCUT2D eigenvalue weighted by Gasteiger charge is 2.24. The summed E-state index contributed by atoms with van der Waals surface area (Å²) in [4.78, 5) is 0. The molecule has 0 aliphatic heterocycles. The molecule has 0 amide bonds. The Balaban J connectivity index is 3.09. The van der Waals surface area contributed by atoms with Gasteiger partial charge in [-0.15, -0.1) is 0 Å². The van der Waals surface area contributed by atoms with E-state index in [4.69, 9.17) is 9.47 Å². The van der Waals surface area contributed by atoms with Crippen LogP contribution in [0.5, 0.6) is 11.5 Å². The zero-order valence-electron chi connectivity index (χ0n) is 12.0. The van der Waals surface area contributed by atoms with E-state index < -0.39 is 0 Å². The van der Waals surface area contributed by atoms with Gasteiger partial charge in [0.2, 0.25) is 0 Å². The van der Waals surface area contributed by atoms with Crippen LogP contribution < -0.4 is 9.47 Å². The predicted molar refractivity (Wildman–Crippen MR) is 72.0 cm³/mol. The van der Waals surface area contributed by atoms with Gasteiger partial charge in [0, 0.05) is 0 Å². The molecule has 1 atom stereocenters. The minimum Gasteiger partial charge on any atom is -0.493 e. The molecule has 0 radical (unpaired) electrons. The van der Waals surface area contributed by atoms with Crippen LogP contribution in [0.2, 0.25) is 0 Å². The topological polar surface area (TPSA) is 18.5 Å². The first-order chi connectivity index (χ1) is 7.77. The summed E-state index contributed by atoms with van der Waals surface area (Å²) in [6.07, 6.45) is 0.136. The fourth-order valence-electron chi connectivity index (χ4n) is 1.43. The molecule has 1 aromatic carbocycles. The van der Waals surface area contributed by atoms with Crippen LogP contribution in [0.3, 0.4) is 0 Å². The SMILES string of the molecule is COc1ccc(C)c(C)c1OC(C)C(C)(C)C. The Labute approximate surface area is 105 Å². The van der Waals surface area contributed by atoms with Crippen LogP contribution >= 0.6 is 0 Å². The van der Waals surface area contributed by atoms with E-state index in [1.54, 1.807) is 7.11 Å². The Kier molecular flexibility index (Phi) is 4.07. The van der Waals surface area contributed by atoms with Crippen molar-refractivity contribution in [2.24, 2.45) is 5.41 Å². The fourth-order valence-corrected chi connectivity index (χ4v) is 1.43. The standard InChI is InChI=1S/C15H24O2/c1-10-8-9-13(16-7)14(11(10)2)17-12(3)15(4,5)6/h8-9,12H,1-7H3. The molecule has 1 aromatic rings. The predicted octanol–water partition coefficient (Wildman–Crippen LogP) is 4.13. The van der Waals surface area contributed by atoms with Gasteiger partial charge in [0.1, 0.15) is 6.10 Å². The first-order valence-corrected chi connectivity index (χ1v) is 6.08. The third-order valence-corrected chi connectivity index (χ3v) is 3.37. The number of hydrogen-bond donors (Lipinski definition) is 0. The smallest absolute Gasteiger partial charge is 0.164 e. The molecule has 0 N–H and O–H groups in total. The number of rotatable bonds is 3. The van der Waals surface area contributed by atoms with E-state index in [9.17, 15) is 0 Å². The van der Waals surface area contributed by atoms with Crippen molar-refractivity contribution in [2.75, 3.05) is 7.11 Å². The van der Waals surface area contributed by atoms with Crippen LogP contribution in [0, 0.1) is 19.3 Å². The molecule has 0 fully saturated rings. The monoisotopic (exact) mass is 236 g/mol. The van der Waals surface area contributed by atoms with E-state index >= 15 is 0 Å². The molecular weight excluding hydrogens is 212 g/mol. The minimum absolute atomic E-state index is 0.112. The summed E-state index contributed by atoms with van der Waals surface area (Å²) in [6.45, 7) is 12.8. The Morgan fingerprint density at radius 2 is 1.71 bits per heavy atom. The van der Waals surface area contributed by atoms with E-state index in [0.29, 0.717) is 0 Å². The number of benzene rings is 1. The number of aryl methyl sites for hydroxylation is 1. The summed E-state index contributed by atoms with van der Waals surface area (Å²) in [5.74, 6) is 1.68. The largest absolute Gasteiger partial charge is 0.493 e.